The van der Waals surface area contributed by atoms with E-state index in [1.54, 1.807) is 7.11 Å². The zero-order valence-electron chi connectivity index (χ0n) is 15.2. The van der Waals surface area contributed by atoms with Crippen molar-refractivity contribution in [1.82, 2.24) is 15.3 Å². The lowest BCUT2D eigenvalue weighted by molar-refractivity contribution is -0.171. The molecule has 0 spiro atoms. The number of rotatable bonds is 5. The van der Waals surface area contributed by atoms with Gasteiger partial charge in [0, 0.05) is 32.5 Å². The number of ether oxygens (including phenoxy) is 2. The third kappa shape index (κ3) is 5.18. The Balaban J connectivity index is 1.53. The van der Waals surface area contributed by atoms with Crippen molar-refractivity contribution in [3.63, 3.8) is 0 Å². The maximum Gasteiger partial charge on any atom is 0.432 e. The van der Waals surface area contributed by atoms with Gasteiger partial charge in [-0.3, -0.25) is 14.5 Å². The van der Waals surface area contributed by atoms with Crippen LogP contribution in [0.2, 0.25) is 0 Å². The molecule has 3 rings (SSSR count). The quantitative estimate of drug-likeness (QED) is 0.754. The Bertz CT molecular complexity index is 677. The summed E-state index contributed by atoms with van der Waals surface area (Å²) < 4.78 is 10.7. The summed E-state index contributed by atoms with van der Waals surface area (Å²) in [4.78, 5) is 42.1. The second-order valence-corrected chi connectivity index (χ2v) is 6.46. The SMILES string of the molecule is COc1ccc(CN2CCOC[C@@H](NC(=O)ON3C(=O)CCC3=O)C2)cc1. The fourth-order valence-corrected chi connectivity index (χ4v) is 3.03. The van der Waals surface area contributed by atoms with E-state index in [2.05, 4.69) is 10.2 Å². The third-order valence-electron chi connectivity index (χ3n) is 4.42. The number of methoxy groups -OCH3 is 1. The molecule has 1 aromatic carbocycles. The number of amides is 3. The summed E-state index contributed by atoms with van der Waals surface area (Å²) >= 11 is 0. The van der Waals surface area contributed by atoms with Gasteiger partial charge in [0.1, 0.15) is 5.75 Å². The first-order valence-electron chi connectivity index (χ1n) is 8.82. The lowest BCUT2D eigenvalue weighted by Gasteiger charge is -2.24. The van der Waals surface area contributed by atoms with Gasteiger partial charge in [0.05, 0.1) is 26.4 Å². The smallest absolute Gasteiger partial charge is 0.432 e. The van der Waals surface area contributed by atoms with Crippen molar-refractivity contribution in [3.8, 4) is 5.75 Å². The fourth-order valence-electron chi connectivity index (χ4n) is 3.03. The number of nitrogens with zero attached hydrogens (tertiary/aromatic N) is 2. The minimum atomic E-state index is -0.835. The standard InChI is InChI=1S/C18H23N3O6/c1-25-15-4-2-13(3-5-15)10-20-8-9-26-12-14(11-20)19-18(24)27-21-16(22)6-7-17(21)23/h2-5,14H,6-12H2,1H3,(H,19,24)/t14-/m0/s1. The Morgan fingerprint density at radius 1 is 1.22 bits per heavy atom. The molecule has 0 aliphatic carbocycles. The van der Waals surface area contributed by atoms with Crippen LogP contribution in [0.5, 0.6) is 5.75 Å². The van der Waals surface area contributed by atoms with Crippen molar-refractivity contribution in [2.24, 2.45) is 0 Å². The number of imide groups is 1. The molecule has 0 radical (unpaired) electrons. The number of carbonyl (C=O) groups excluding carboxylic acids is 3. The van der Waals surface area contributed by atoms with Gasteiger partial charge in [-0.05, 0) is 17.7 Å². The maximum atomic E-state index is 12.0. The predicted octanol–water partition coefficient (Wildman–Crippen LogP) is 0.686. The number of carbonyl (C=O) groups is 3. The average Bonchev–Trinajstić information content (AvgIpc) is 2.85. The first-order valence-corrected chi connectivity index (χ1v) is 8.82. The molecule has 0 aromatic heterocycles. The molecule has 27 heavy (non-hydrogen) atoms. The number of hydrogen-bond acceptors (Lipinski definition) is 7. The van der Waals surface area contributed by atoms with Crippen LogP contribution in [-0.2, 0) is 25.7 Å². The second kappa shape index (κ2) is 8.83. The monoisotopic (exact) mass is 377 g/mol. The molecule has 0 bridgehead atoms. The van der Waals surface area contributed by atoms with Gasteiger partial charge in [-0.2, -0.15) is 0 Å². The molecule has 9 nitrogen and oxygen atoms in total. The average molecular weight is 377 g/mol. The van der Waals surface area contributed by atoms with Crippen molar-refractivity contribution in [3.05, 3.63) is 29.8 Å². The van der Waals surface area contributed by atoms with Crippen LogP contribution in [-0.4, -0.2) is 67.3 Å². The van der Waals surface area contributed by atoms with Crippen molar-refractivity contribution in [2.75, 3.05) is 33.4 Å². The van der Waals surface area contributed by atoms with Gasteiger partial charge in [-0.1, -0.05) is 12.1 Å². The molecule has 1 N–H and O–H groups in total. The van der Waals surface area contributed by atoms with E-state index in [9.17, 15) is 14.4 Å². The molecular weight excluding hydrogens is 354 g/mol. The number of hydrogen-bond donors (Lipinski definition) is 1. The van der Waals surface area contributed by atoms with E-state index >= 15 is 0 Å². The summed E-state index contributed by atoms with van der Waals surface area (Å²) in [5.41, 5.74) is 1.12. The largest absolute Gasteiger partial charge is 0.497 e. The van der Waals surface area contributed by atoms with Crippen LogP contribution in [0.15, 0.2) is 24.3 Å². The summed E-state index contributed by atoms with van der Waals surface area (Å²) in [5, 5.41) is 3.20. The highest BCUT2D eigenvalue weighted by Gasteiger charge is 2.33. The predicted molar refractivity (Wildman–Crippen MR) is 93.6 cm³/mol. The summed E-state index contributed by atoms with van der Waals surface area (Å²) in [6.45, 7) is 2.86. The molecule has 2 fully saturated rings. The van der Waals surface area contributed by atoms with Gasteiger partial charge < -0.3 is 19.6 Å². The van der Waals surface area contributed by atoms with Crippen LogP contribution in [0.4, 0.5) is 4.79 Å². The summed E-state index contributed by atoms with van der Waals surface area (Å²) in [6, 6.07) is 7.48. The van der Waals surface area contributed by atoms with E-state index in [0.717, 1.165) is 17.9 Å². The lowest BCUT2D eigenvalue weighted by atomic mass is 10.2. The van der Waals surface area contributed by atoms with Crippen LogP contribution in [0, 0.1) is 0 Å². The maximum absolute atomic E-state index is 12.0. The van der Waals surface area contributed by atoms with E-state index in [0.29, 0.717) is 31.4 Å². The number of benzene rings is 1. The van der Waals surface area contributed by atoms with Crippen LogP contribution < -0.4 is 10.1 Å². The molecule has 3 amide bonds. The molecule has 2 saturated heterocycles. The van der Waals surface area contributed by atoms with E-state index < -0.39 is 17.9 Å². The summed E-state index contributed by atoms with van der Waals surface area (Å²) in [6.07, 6.45) is -0.707. The molecular formula is C18H23N3O6. The first kappa shape index (κ1) is 19.1. The normalized spacial score (nSPS) is 21.1. The molecule has 1 atom stereocenters. The van der Waals surface area contributed by atoms with Gasteiger partial charge in [-0.25, -0.2) is 4.79 Å². The molecule has 2 aliphatic rings. The van der Waals surface area contributed by atoms with E-state index in [4.69, 9.17) is 14.3 Å². The van der Waals surface area contributed by atoms with Gasteiger partial charge in [0.25, 0.3) is 11.8 Å². The molecule has 146 valence electrons. The second-order valence-electron chi connectivity index (χ2n) is 6.46. The van der Waals surface area contributed by atoms with E-state index in [1.807, 2.05) is 24.3 Å². The number of nitrogens with one attached hydrogen (secondary N) is 1. The van der Waals surface area contributed by atoms with Crippen molar-refractivity contribution >= 4 is 17.9 Å². The highest BCUT2D eigenvalue weighted by Crippen LogP contribution is 2.15. The minimum Gasteiger partial charge on any atom is -0.497 e. The zero-order valence-corrected chi connectivity index (χ0v) is 15.2. The van der Waals surface area contributed by atoms with Crippen LogP contribution in [0.3, 0.4) is 0 Å². The number of hydroxylamine groups is 2. The Morgan fingerprint density at radius 3 is 2.59 bits per heavy atom. The van der Waals surface area contributed by atoms with Crippen LogP contribution >= 0.6 is 0 Å². The van der Waals surface area contributed by atoms with Gasteiger partial charge in [-0.15, -0.1) is 5.06 Å². The van der Waals surface area contributed by atoms with Crippen molar-refractivity contribution in [2.45, 2.75) is 25.4 Å². The topological polar surface area (TPSA) is 97.4 Å². The highest BCUT2D eigenvalue weighted by molar-refractivity contribution is 6.01. The van der Waals surface area contributed by atoms with Crippen LogP contribution in [0.25, 0.3) is 0 Å². The molecule has 1 aromatic rings. The highest BCUT2D eigenvalue weighted by atomic mass is 16.7. The Labute approximate surface area is 157 Å². The van der Waals surface area contributed by atoms with Gasteiger partial charge in [0.2, 0.25) is 0 Å². The van der Waals surface area contributed by atoms with Gasteiger partial charge in [0.15, 0.2) is 0 Å². The first-order chi connectivity index (χ1) is 13.0. The Kier molecular flexibility index (Phi) is 6.25. The molecule has 2 heterocycles. The zero-order chi connectivity index (χ0) is 19.2. The van der Waals surface area contributed by atoms with Crippen LogP contribution in [0.1, 0.15) is 18.4 Å². The molecule has 0 unspecified atom stereocenters. The molecule has 2 aliphatic heterocycles. The summed E-state index contributed by atoms with van der Waals surface area (Å²) in [7, 11) is 1.62. The Hall–Kier alpha value is -2.65. The van der Waals surface area contributed by atoms with E-state index in [1.165, 1.54) is 0 Å². The molecule has 9 heteroatoms. The van der Waals surface area contributed by atoms with Gasteiger partial charge >= 0.3 is 6.09 Å². The Morgan fingerprint density at radius 2 is 1.93 bits per heavy atom. The van der Waals surface area contributed by atoms with E-state index in [-0.39, 0.29) is 18.9 Å². The molecule has 0 saturated carbocycles. The lowest BCUT2D eigenvalue weighted by Crippen LogP contribution is -2.47. The fraction of sp³-hybridized carbons (Fsp3) is 0.500. The summed E-state index contributed by atoms with van der Waals surface area (Å²) in [5.74, 6) is -0.215. The van der Waals surface area contributed by atoms with Crippen molar-refractivity contribution in [1.29, 1.82) is 0 Å². The third-order valence-corrected chi connectivity index (χ3v) is 4.42. The minimum absolute atomic E-state index is 0.0638. The van der Waals surface area contributed by atoms with Crippen molar-refractivity contribution < 1.29 is 28.7 Å².